The third-order valence-electron chi connectivity index (χ3n) is 4.83. The first-order chi connectivity index (χ1) is 15.2. The first kappa shape index (κ1) is 24.0. The molecule has 1 aliphatic rings. The number of carbonyl (C=O) groups is 1. The third-order valence-corrected chi connectivity index (χ3v) is 6.96. The SMILES string of the molecule is COc1cccc(/C=C/C(=O)N2CCN(S(=O)(=O)c3cccc(Cl)c3)CC2)c1OC(F)F. The Morgan fingerprint density at radius 2 is 1.81 bits per heavy atom. The van der Waals surface area contributed by atoms with E-state index in [0.717, 1.165) is 0 Å². The summed E-state index contributed by atoms with van der Waals surface area (Å²) in [5.41, 5.74) is 0.250. The number of piperazine rings is 1. The Kier molecular flexibility index (Phi) is 7.70. The molecular formula is C21H21ClF2N2O5S. The summed E-state index contributed by atoms with van der Waals surface area (Å²) in [6.45, 7) is -2.45. The van der Waals surface area contributed by atoms with Gasteiger partial charge in [0.1, 0.15) is 0 Å². The second-order valence-electron chi connectivity index (χ2n) is 6.78. The average Bonchev–Trinajstić information content (AvgIpc) is 2.77. The largest absolute Gasteiger partial charge is 0.493 e. The van der Waals surface area contributed by atoms with E-state index in [1.807, 2.05) is 0 Å². The van der Waals surface area contributed by atoms with Gasteiger partial charge in [-0.1, -0.05) is 29.8 Å². The lowest BCUT2D eigenvalue weighted by Gasteiger charge is -2.33. The van der Waals surface area contributed by atoms with Gasteiger partial charge in [-0.25, -0.2) is 8.42 Å². The molecule has 32 heavy (non-hydrogen) atoms. The zero-order valence-corrected chi connectivity index (χ0v) is 18.7. The van der Waals surface area contributed by atoms with Crippen LogP contribution in [0.3, 0.4) is 0 Å². The second-order valence-corrected chi connectivity index (χ2v) is 9.15. The molecule has 0 atom stereocenters. The van der Waals surface area contributed by atoms with Crippen molar-refractivity contribution in [2.75, 3.05) is 33.3 Å². The maximum Gasteiger partial charge on any atom is 0.387 e. The van der Waals surface area contributed by atoms with Gasteiger partial charge in [-0.15, -0.1) is 0 Å². The van der Waals surface area contributed by atoms with Gasteiger partial charge in [0.15, 0.2) is 11.5 Å². The van der Waals surface area contributed by atoms with E-state index in [1.165, 1.54) is 52.7 Å². The maximum atomic E-state index is 12.8. The van der Waals surface area contributed by atoms with Gasteiger partial charge in [0.05, 0.1) is 12.0 Å². The fourth-order valence-corrected chi connectivity index (χ4v) is 4.96. The molecule has 0 aliphatic carbocycles. The summed E-state index contributed by atoms with van der Waals surface area (Å²) in [6.07, 6.45) is 2.59. The minimum absolute atomic E-state index is 0.0919. The van der Waals surface area contributed by atoms with E-state index in [4.69, 9.17) is 16.3 Å². The molecule has 1 amide bonds. The van der Waals surface area contributed by atoms with E-state index in [9.17, 15) is 22.0 Å². The Labute approximate surface area is 189 Å². The Morgan fingerprint density at radius 3 is 2.44 bits per heavy atom. The third kappa shape index (κ3) is 5.56. The normalized spacial score (nSPS) is 15.3. The Hall–Kier alpha value is -2.69. The van der Waals surface area contributed by atoms with Gasteiger partial charge in [-0.2, -0.15) is 13.1 Å². The molecule has 172 valence electrons. The smallest absolute Gasteiger partial charge is 0.387 e. The highest BCUT2D eigenvalue weighted by Crippen LogP contribution is 2.33. The predicted octanol–water partition coefficient (Wildman–Crippen LogP) is 3.50. The van der Waals surface area contributed by atoms with Crippen molar-refractivity contribution in [3.05, 3.63) is 59.1 Å². The number of alkyl halides is 2. The first-order valence-electron chi connectivity index (χ1n) is 9.57. The summed E-state index contributed by atoms with van der Waals surface area (Å²) >= 11 is 5.90. The Morgan fingerprint density at radius 1 is 1.12 bits per heavy atom. The number of sulfonamides is 1. The van der Waals surface area contributed by atoms with Crippen LogP contribution in [0.25, 0.3) is 6.08 Å². The van der Waals surface area contributed by atoms with Crippen LogP contribution < -0.4 is 9.47 Å². The quantitative estimate of drug-likeness (QED) is 0.560. The number of carbonyl (C=O) groups excluding carboxylic acids is 1. The zero-order chi connectivity index (χ0) is 23.3. The maximum absolute atomic E-state index is 12.8. The molecule has 2 aromatic carbocycles. The summed E-state index contributed by atoms with van der Waals surface area (Å²) in [5.74, 6) is -0.443. The molecule has 1 aliphatic heterocycles. The van der Waals surface area contributed by atoms with Crippen molar-refractivity contribution in [2.45, 2.75) is 11.5 Å². The van der Waals surface area contributed by atoms with Gasteiger partial charge >= 0.3 is 6.61 Å². The molecule has 0 radical (unpaired) electrons. The number of amides is 1. The number of para-hydroxylation sites is 1. The van der Waals surface area contributed by atoms with Gasteiger partial charge in [-0.3, -0.25) is 4.79 Å². The van der Waals surface area contributed by atoms with Gasteiger partial charge in [0, 0.05) is 42.8 Å². The molecule has 0 spiro atoms. The van der Waals surface area contributed by atoms with Crippen LogP contribution in [-0.2, 0) is 14.8 Å². The van der Waals surface area contributed by atoms with Crippen LogP contribution in [-0.4, -0.2) is 63.4 Å². The van der Waals surface area contributed by atoms with Crippen LogP contribution >= 0.6 is 11.6 Å². The van der Waals surface area contributed by atoms with Gasteiger partial charge in [0.25, 0.3) is 0 Å². The zero-order valence-electron chi connectivity index (χ0n) is 17.1. The van der Waals surface area contributed by atoms with Crippen molar-refractivity contribution in [1.82, 2.24) is 9.21 Å². The van der Waals surface area contributed by atoms with Crippen molar-refractivity contribution >= 4 is 33.6 Å². The fraction of sp³-hybridized carbons (Fsp3) is 0.286. The minimum Gasteiger partial charge on any atom is -0.493 e. The number of benzene rings is 2. The molecule has 1 saturated heterocycles. The van der Waals surface area contributed by atoms with Gasteiger partial charge < -0.3 is 14.4 Å². The molecule has 7 nitrogen and oxygen atoms in total. The molecular weight excluding hydrogens is 466 g/mol. The number of nitrogens with zero attached hydrogens (tertiary/aromatic N) is 2. The van der Waals surface area contributed by atoms with E-state index in [2.05, 4.69) is 4.74 Å². The number of hydrogen-bond donors (Lipinski definition) is 0. The lowest BCUT2D eigenvalue weighted by molar-refractivity contribution is -0.127. The van der Waals surface area contributed by atoms with E-state index < -0.39 is 16.6 Å². The topological polar surface area (TPSA) is 76.2 Å². The average molecular weight is 487 g/mol. The lowest BCUT2D eigenvalue weighted by atomic mass is 10.1. The highest BCUT2D eigenvalue weighted by molar-refractivity contribution is 7.89. The highest BCUT2D eigenvalue weighted by Gasteiger charge is 2.29. The molecule has 11 heteroatoms. The van der Waals surface area contributed by atoms with Crippen molar-refractivity contribution in [3.63, 3.8) is 0 Å². The van der Waals surface area contributed by atoms with Gasteiger partial charge in [-0.05, 0) is 30.3 Å². The fourth-order valence-electron chi connectivity index (χ4n) is 3.23. The number of halogens is 3. The number of rotatable bonds is 7. The molecule has 0 saturated carbocycles. The molecule has 2 aromatic rings. The van der Waals surface area contributed by atoms with Crippen LogP contribution in [0.5, 0.6) is 11.5 Å². The Balaban J connectivity index is 1.67. The first-order valence-corrected chi connectivity index (χ1v) is 11.4. The minimum atomic E-state index is -3.72. The van der Waals surface area contributed by atoms with Crippen LogP contribution in [0.15, 0.2) is 53.4 Å². The number of hydrogen-bond acceptors (Lipinski definition) is 5. The van der Waals surface area contributed by atoms with E-state index in [0.29, 0.717) is 5.02 Å². The van der Waals surface area contributed by atoms with Crippen LogP contribution in [0.1, 0.15) is 5.56 Å². The summed E-state index contributed by atoms with van der Waals surface area (Å²) in [7, 11) is -2.40. The number of methoxy groups -OCH3 is 1. The van der Waals surface area contributed by atoms with E-state index in [1.54, 1.807) is 18.2 Å². The van der Waals surface area contributed by atoms with Crippen molar-refractivity contribution < 1.29 is 31.5 Å². The summed E-state index contributed by atoms with van der Waals surface area (Å²) < 4.78 is 61.9. The van der Waals surface area contributed by atoms with Crippen molar-refractivity contribution in [2.24, 2.45) is 0 Å². The molecule has 0 unspecified atom stereocenters. The van der Waals surface area contributed by atoms with E-state index >= 15 is 0 Å². The standard InChI is InChI=1S/C21H21ClF2N2O5S/c1-30-18-7-2-4-15(20(18)31-21(23)24)8-9-19(27)25-10-12-26(13-11-25)32(28,29)17-6-3-5-16(22)14-17/h2-9,14,21H,10-13H2,1H3/b9-8+. The molecule has 0 bridgehead atoms. The lowest BCUT2D eigenvalue weighted by Crippen LogP contribution is -2.50. The summed E-state index contributed by atoms with van der Waals surface area (Å²) in [6, 6.07) is 10.6. The summed E-state index contributed by atoms with van der Waals surface area (Å²) in [5, 5.41) is 0.317. The van der Waals surface area contributed by atoms with Crippen LogP contribution in [0, 0.1) is 0 Å². The predicted molar refractivity (Wildman–Crippen MR) is 115 cm³/mol. The van der Waals surface area contributed by atoms with Crippen molar-refractivity contribution in [3.8, 4) is 11.5 Å². The molecule has 1 fully saturated rings. The van der Waals surface area contributed by atoms with Crippen LogP contribution in [0.2, 0.25) is 5.02 Å². The number of ether oxygens (including phenoxy) is 2. The molecule has 0 N–H and O–H groups in total. The Bertz CT molecular complexity index is 1100. The van der Waals surface area contributed by atoms with Crippen molar-refractivity contribution in [1.29, 1.82) is 0 Å². The highest BCUT2D eigenvalue weighted by atomic mass is 35.5. The van der Waals surface area contributed by atoms with E-state index in [-0.39, 0.29) is 54.0 Å². The second kappa shape index (κ2) is 10.3. The molecule has 1 heterocycles. The van der Waals surface area contributed by atoms with Gasteiger partial charge in [0.2, 0.25) is 15.9 Å². The molecule has 0 aromatic heterocycles. The van der Waals surface area contributed by atoms with Crippen LogP contribution in [0.4, 0.5) is 8.78 Å². The summed E-state index contributed by atoms with van der Waals surface area (Å²) in [4.78, 5) is 14.1. The molecule has 3 rings (SSSR count). The monoisotopic (exact) mass is 486 g/mol.